The number of nitrogens with one attached hydrogen (secondary N) is 2. The highest BCUT2D eigenvalue weighted by molar-refractivity contribution is 6.30. The van der Waals surface area contributed by atoms with Gasteiger partial charge in [0.1, 0.15) is 12.9 Å². The maximum Gasteiger partial charge on any atom is 0.251 e. The van der Waals surface area contributed by atoms with E-state index in [2.05, 4.69) is 25.7 Å². The van der Waals surface area contributed by atoms with Gasteiger partial charge in [0.25, 0.3) is 5.91 Å². The van der Waals surface area contributed by atoms with Gasteiger partial charge in [-0.05, 0) is 37.1 Å². The molecule has 0 aliphatic carbocycles. The quantitative estimate of drug-likeness (QED) is 0.401. The molecule has 1 saturated heterocycles. The molecule has 2 amide bonds. The third-order valence-corrected chi connectivity index (χ3v) is 4.84. The molecule has 9 heteroatoms. The Morgan fingerprint density at radius 3 is 2.47 bits per heavy atom. The number of halogens is 1. The predicted molar refractivity (Wildman–Crippen MR) is 116 cm³/mol. The van der Waals surface area contributed by atoms with Crippen molar-refractivity contribution in [3.8, 4) is 0 Å². The van der Waals surface area contributed by atoms with Crippen LogP contribution in [0.25, 0.3) is 0 Å². The van der Waals surface area contributed by atoms with Crippen LogP contribution in [-0.4, -0.2) is 54.3 Å². The third-order valence-electron chi connectivity index (χ3n) is 4.62. The fourth-order valence-corrected chi connectivity index (χ4v) is 3.24. The molecule has 8 nitrogen and oxygen atoms in total. The molecular weight excluding hydrogens is 406 g/mol. The van der Waals surface area contributed by atoms with E-state index in [4.69, 9.17) is 16.4 Å². The lowest BCUT2D eigenvalue weighted by molar-refractivity contribution is -0.116. The van der Waals surface area contributed by atoms with Crippen molar-refractivity contribution in [2.75, 3.05) is 32.1 Å². The van der Waals surface area contributed by atoms with Gasteiger partial charge >= 0.3 is 0 Å². The highest BCUT2D eigenvalue weighted by atomic mass is 35.5. The number of hydrogen-bond donors (Lipinski definition) is 2. The molecule has 158 valence electrons. The van der Waals surface area contributed by atoms with Crippen molar-refractivity contribution in [3.63, 3.8) is 0 Å². The Kier molecular flexibility index (Phi) is 7.62. The lowest BCUT2D eigenvalue weighted by atomic mass is 10.1. The van der Waals surface area contributed by atoms with Gasteiger partial charge in [-0.2, -0.15) is 0 Å². The molecule has 1 aliphatic heterocycles. The van der Waals surface area contributed by atoms with Crippen molar-refractivity contribution in [1.29, 1.82) is 0 Å². The lowest BCUT2D eigenvalue weighted by Crippen LogP contribution is -2.29. The number of amidine groups is 1. The monoisotopic (exact) mass is 429 g/mol. The largest absolute Gasteiger partial charge is 0.397 e. The molecule has 0 saturated carbocycles. The maximum atomic E-state index is 12.3. The summed E-state index contributed by atoms with van der Waals surface area (Å²) in [7, 11) is 1.52. The standard InChI is InChI=1S/C21H24ClN5O3/c1-30-26-20(27-12-2-3-13-27)15-4-6-16(7-5-15)21(29)23-11-10-19(28)25-18-9-8-17(22)14-24-18/h4-9,14H,2-3,10-13H2,1H3,(H,23,29)(H,24,25,28)/b26-20-. The fraction of sp³-hybridized carbons (Fsp3) is 0.333. The molecule has 0 unspecified atom stereocenters. The van der Waals surface area contributed by atoms with E-state index in [1.807, 2.05) is 12.1 Å². The van der Waals surface area contributed by atoms with E-state index in [9.17, 15) is 9.59 Å². The molecule has 3 rings (SSSR count). The number of carbonyl (C=O) groups excluding carboxylic acids is 2. The summed E-state index contributed by atoms with van der Waals surface area (Å²) in [5.41, 5.74) is 1.40. The van der Waals surface area contributed by atoms with Gasteiger partial charge in [-0.15, -0.1) is 0 Å². The Labute approximate surface area is 180 Å². The number of anilines is 1. The first-order chi connectivity index (χ1) is 14.6. The van der Waals surface area contributed by atoms with E-state index in [-0.39, 0.29) is 24.8 Å². The topological polar surface area (TPSA) is 95.9 Å². The number of rotatable bonds is 7. The molecule has 1 aromatic carbocycles. The van der Waals surface area contributed by atoms with Gasteiger partial charge in [0.15, 0.2) is 5.84 Å². The minimum Gasteiger partial charge on any atom is -0.397 e. The highest BCUT2D eigenvalue weighted by Crippen LogP contribution is 2.15. The Morgan fingerprint density at radius 1 is 1.13 bits per heavy atom. The van der Waals surface area contributed by atoms with E-state index in [0.29, 0.717) is 16.4 Å². The second-order valence-electron chi connectivity index (χ2n) is 6.78. The zero-order chi connectivity index (χ0) is 21.3. The van der Waals surface area contributed by atoms with Crippen molar-refractivity contribution in [2.24, 2.45) is 5.16 Å². The van der Waals surface area contributed by atoms with Crippen LogP contribution < -0.4 is 10.6 Å². The molecule has 0 spiro atoms. The first-order valence-corrected chi connectivity index (χ1v) is 10.1. The maximum absolute atomic E-state index is 12.3. The van der Waals surface area contributed by atoms with Gasteiger partial charge in [-0.1, -0.05) is 28.9 Å². The SMILES string of the molecule is CO/N=C(/c1ccc(C(=O)NCCC(=O)Nc2ccc(Cl)cn2)cc1)N1CCCC1. The van der Waals surface area contributed by atoms with Crippen molar-refractivity contribution in [1.82, 2.24) is 15.2 Å². The summed E-state index contributed by atoms with van der Waals surface area (Å²) in [6.07, 6.45) is 3.85. The summed E-state index contributed by atoms with van der Waals surface area (Å²) in [6.45, 7) is 2.10. The summed E-state index contributed by atoms with van der Waals surface area (Å²) < 4.78 is 0. The average molecular weight is 430 g/mol. The van der Waals surface area contributed by atoms with Crippen LogP contribution in [-0.2, 0) is 9.63 Å². The Bertz CT molecular complexity index is 894. The first kappa shape index (κ1) is 21.6. The number of oxime groups is 1. The minimum atomic E-state index is -0.245. The van der Waals surface area contributed by atoms with Crippen LogP contribution in [0.1, 0.15) is 35.2 Å². The smallest absolute Gasteiger partial charge is 0.251 e. The predicted octanol–water partition coefficient (Wildman–Crippen LogP) is 2.90. The summed E-state index contributed by atoms with van der Waals surface area (Å²) in [5.74, 6) is 0.698. The van der Waals surface area contributed by atoms with Crippen LogP contribution in [0.3, 0.4) is 0 Å². The number of benzene rings is 1. The van der Waals surface area contributed by atoms with Crippen LogP contribution in [0.5, 0.6) is 0 Å². The molecule has 1 aliphatic rings. The number of likely N-dealkylation sites (tertiary alicyclic amines) is 1. The van der Waals surface area contributed by atoms with Gasteiger partial charge in [-0.25, -0.2) is 4.98 Å². The number of amides is 2. The van der Waals surface area contributed by atoms with Crippen molar-refractivity contribution < 1.29 is 14.4 Å². The summed E-state index contributed by atoms with van der Waals surface area (Å²) >= 11 is 5.76. The van der Waals surface area contributed by atoms with Gasteiger partial charge in [0, 0.05) is 43.4 Å². The van der Waals surface area contributed by atoms with Crippen molar-refractivity contribution in [2.45, 2.75) is 19.3 Å². The van der Waals surface area contributed by atoms with E-state index in [1.54, 1.807) is 24.3 Å². The molecule has 2 aromatic rings. The Hall–Kier alpha value is -3.13. The van der Waals surface area contributed by atoms with Gasteiger partial charge in [0.05, 0.1) is 5.02 Å². The molecule has 1 aromatic heterocycles. The number of carbonyl (C=O) groups is 2. The molecule has 0 atom stereocenters. The highest BCUT2D eigenvalue weighted by Gasteiger charge is 2.19. The lowest BCUT2D eigenvalue weighted by Gasteiger charge is -2.19. The zero-order valence-corrected chi connectivity index (χ0v) is 17.5. The molecular formula is C21H24ClN5O3. The Morgan fingerprint density at radius 2 is 1.83 bits per heavy atom. The average Bonchev–Trinajstić information content (AvgIpc) is 3.28. The summed E-state index contributed by atoms with van der Waals surface area (Å²) in [5, 5.41) is 10.0. The third kappa shape index (κ3) is 5.93. The Balaban J connectivity index is 1.50. The molecule has 2 N–H and O–H groups in total. The number of aromatic nitrogens is 1. The molecule has 30 heavy (non-hydrogen) atoms. The van der Waals surface area contributed by atoms with Crippen molar-refractivity contribution >= 4 is 35.1 Å². The van der Waals surface area contributed by atoms with Crippen LogP contribution >= 0.6 is 11.6 Å². The van der Waals surface area contributed by atoms with Crippen LogP contribution in [0.4, 0.5) is 5.82 Å². The van der Waals surface area contributed by atoms with E-state index in [0.717, 1.165) is 37.3 Å². The molecule has 2 heterocycles. The number of pyridine rings is 1. The normalized spacial score (nSPS) is 13.8. The number of hydrogen-bond acceptors (Lipinski definition) is 5. The van der Waals surface area contributed by atoms with Gasteiger partial charge in [-0.3, -0.25) is 9.59 Å². The molecule has 0 bridgehead atoms. The van der Waals surface area contributed by atoms with E-state index < -0.39 is 0 Å². The van der Waals surface area contributed by atoms with Crippen LogP contribution in [0, 0.1) is 0 Å². The summed E-state index contributed by atoms with van der Waals surface area (Å²) in [4.78, 5) is 35.5. The second-order valence-corrected chi connectivity index (χ2v) is 7.22. The van der Waals surface area contributed by atoms with Crippen LogP contribution in [0.15, 0.2) is 47.8 Å². The molecule has 0 radical (unpaired) electrons. The van der Waals surface area contributed by atoms with Gasteiger partial charge in [0.2, 0.25) is 5.91 Å². The second kappa shape index (κ2) is 10.6. The fourth-order valence-electron chi connectivity index (χ4n) is 3.13. The minimum absolute atomic E-state index is 0.133. The van der Waals surface area contributed by atoms with Crippen LogP contribution in [0.2, 0.25) is 5.02 Å². The summed E-state index contributed by atoms with van der Waals surface area (Å²) in [6, 6.07) is 10.4. The van der Waals surface area contributed by atoms with Crippen molar-refractivity contribution in [3.05, 3.63) is 58.7 Å². The number of nitrogens with zero attached hydrogens (tertiary/aromatic N) is 3. The first-order valence-electron chi connectivity index (χ1n) is 9.73. The molecule has 1 fully saturated rings. The van der Waals surface area contributed by atoms with E-state index >= 15 is 0 Å². The zero-order valence-electron chi connectivity index (χ0n) is 16.7. The van der Waals surface area contributed by atoms with Gasteiger partial charge < -0.3 is 20.4 Å². The van der Waals surface area contributed by atoms with E-state index in [1.165, 1.54) is 13.3 Å².